The Hall–Kier alpha value is -0.0800. The van der Waals surface area contributed by atoms with Crippen LogP contribution in [0.3, 0.4) is 0 Å². The fourth-order valence-electron chi connectivity index (χ4n) is 1.25. The summed E-state index contributed by atoms with van der Waals surface area (Å²) in [4.78, 5) is 0. The Morgan fingerprint density at radius 3 is 2.90 bits per heavy atom. The molecule has 1 heterocycles. The summed E-state index contributed by atoms with van der Waals surface area (Å²) in [5, 5.41) is 2.34. The van der Waals surface area contributed by atoms with Gasteiger partial charge in [0.25, 0.3) is 0 Å². The minimum atomic E-state index is 0.839. The van der Waals surface area contributed by atoms with E-state index in [4.69, 9.17) is 0 Å². The number of hydrogen-bond donors (Lipinski definition) is 1. The average molecular weight is 142 g/mol. The largest absolute Gasteiger partial charge is 0.255 e. The number of nitrogens with one attached hydrogen (secondary N) is 1. The molecule has 0 aromatic rings. The lowest BCUT2D eigenvalue weighted by atomic mass is 10.1. The molecule has 0 bridgehead atoms. The topological polar surface area (TPSA) is 15.3 Å². The van der Waals surface area contributed by atoms with Gasteiger partial charge in [-0.25, -0.2) is 5.01 Å². The molecule has 0 aromatic heterocycles. The summed E-state index contributed by atoms with van der Waals surface area (Å²) in [6.07, 6.45) is 2.61. The molecular formula is C8H18N2. The minimum absolute atomic E-state index is 0.839. The zero-order valence-corrected chi connectivity index (χ0v) is 7.06. The smallest absolute Gasteiger partial charge is 0.0156 e. The average Bonchev–Trinajstić information content (AvgIpc) is 2.40. The van der Waals surface area contributed by atoms with Crippen LogP contribution in [0.5, 0.6) is 0 Å². The maximum Gasteiger partial charge on any atom is 0.0156 e. The monoisotopic (exact) mass is 142 g/mol. The second-order valence-electron chi connectivity index (χ2n) is 3.22. The zero-order valence-electron chi connectivity index (χ0n) is 7.06. The molecule has 1 aliphatic rings. The van der Waals surface area contributed by atoms with Crippen molar-refractivity contribution >= 4 is 0 Å². The van der Waals surface area contributed by atoms with Gasteiger partial charge in [0.1, 0.15) is 0 Å². The van der Waals surface area contributed by atoms with Gasteiger partial charge < -0.3 is 0 Å². The first-order valence-corrected chi connectivity index (χ1v) is 4.31. The van der Waals surface area contributed by atoms with Gasteiger partial charge >= 0.3 is 0 Å². The van der Waals surface area contributed by atoms with Gasteiger partial charge in [0.2, 0.25) is 0 Å². The number of hydrogen-bond acceptors (Lipinski definition) is 2. The molecule has 60 valence electrons. The minimum Gasteiger partial charge on any atom is -0.255 e. The number of rotatable bonds is 3. The van der Waals surface area contributed by atoms with E-state index in [-0.39, 0.29) is 0 Å². The highest BCUT2D eigenvalue weighted by molar-refractivity contribution is 4.63. The zero-order chi connectivity index (χ0) is 7.40. The highest BCUT2D eigenvalue weighted by atomic mass is 15.5. The lowest BCUT2D eigenvalue weighted by Gasteiger charge is -2.18. The molecule has 1 rings (SSSR count). The van der Waals surface area contributed by atoms with E-state index >= 15 is 0 Å². The molecule has 1 saturated heterocycles. The van der Waals surface area contributed by atoms with E-state index in [1.807, 2.05) is 0 Å². The van der Waals surface area contributed by atoms with Crippen molar-refractivity contribution in [1.29, 1.82) is 0 Å². The maximum atomic E-state index is 3.36. The molecule has 1 fully saturated rings. The lowest BCUT2D eigenvalue weighted by molar-refractivity contribution is 0.215. The summed E-state index contributed by atoms with van der Waals surface area (Å²) in [5.74, 6) is 0.839. The van der Waals surface area contributed by atoms with Crippen LogP contribution in [0.4, 0.5) is 0 Å². The maximum absolute atomic E-state index is 3.36. The molecule has 0 spiro atoms. The Kier molecular flexibility index (Phi) is 3.16. The molecule has 0 saturated carbocycles. The summed E-state index contributed by atoms with van der Waals surface area (Å²) < 4.78 is 0. The Morgan fingerprint density at radius 1 is 1.60 bits per heavy atom. The van der Waals surface area contributed by atoms with Crippen LogP contribution in [0.25, 0.3) is 0 Å². The Morgan fingerprint density at radius 2 is 2.40 bits per heavy atom. The van der Waals surface area contributed by atoms with Gasteiger partial charge in [-0.1, -0.05) is 20.3 Å². The summed E-state index contributed by atoms with van der Waals surface area (Å²) in [6, 6.07) is 0. The van der Waals surface area contributed by atoms with Crippen molar-refractivity contribution in [1.82, 2.24) is 10.4 Å². The van der Waals surface area contributed by atoms with Crippen molar-refractivity contribution in [3.63, 3.8) is 0 Å². The molecule has 2 nitrogen and oxygen atoms in total. The number of hydrazine groups is 1. The fourth-order valence-corrected chi connectivity index (χ4v) is 1.25. The normalized spacial score (nSPS) is 23.4. The SMILES string of the molecule is CCC(C)CN1CCCN1. The second-order valence-corrected chi connectivity index (χ2v) is 3.22. The van der Waals surface area contributed by atoms with Crippen LogP contribution in [0.2, 0.25) is 0 Å². The third kappa shape index (κ3) is 2.27. The predicted octanol–water partition coefficient (Wildman–Crippen LogP) is 1.24. The quantitative estimate of drug-likeness (QED) is 0.638. The van der Waals surface area contributed by atoms with Crippen molar-refractivity contribution in [2.24, 2.45) is 5.92 Å². The van der Waals surface area contributed by atoms with Gasteiger partial charge in [0.15, 0.2) is 0 Å². The van der Waals surface area contributed by atoms with Crippen molar-refractivity contribution in [3.05, 3.63) is 0 Å². The van der Waals surface area contributed by atoms with Crippen LogP contribution in [-0.4, -0.2) is 24.6 Å². The predicted molar refractivity (Wildman–Crippen MR) is 43.6 cm³/mol. The van der Waals surface area contributed by atoms with E-state index < -0.39 is 0 Å². The Balaban J connectivity index is 2.11. The summed E-state index contributed by atoms with van der Waals surface area (Å²) in [5.41, 5.74) is 3.36. The summed E-state index contributed by atoms with van der Waals surface area (Å²) in [6.45, 7) is 8.19. The van der Waals surface area contributed by atoms with E-state index in [2.05, 4.69) is 24.3 Å². The van der Waals surface area contributed by atoms with Crippen LogP contribution in [0.1, 0.15) is 26.7 Å². The number of nitrogens with zero attached hydrogens (tertiary/aromatic N) is 1. The van der Waals surface area contributed by atoms with E-state index in [0.29, 0.717) is 0 Å². The first-order valence-electron chi connectivity index (χ1n) is 4.31. The molecule has 0 aliphatic carbocycles. The van der Waals surface area contributed by atoms with E-state index in [9.17, 15) is 0 Å². The summed E-state index contributed by atoms with van der Waals surface area (Å²) >= 11 is 0. The van der Waals surface area contributed by atoms with Crippen LogP contribution in [0, 0.1) is 5.92 Å². The molecule has 0 radical (unpaired) electrons. The van der Waals surface area contributed by atoms with Crippen LogP contribution >= 0.6 is 0 Å². The highest BCUT2D eigenvalue weighted by Crippen LogP contribution is 2.05. The first-order chi connectivity index (χ1) is 4.83. The van der Waals surface area contributed by atoms with Gasteiger partial charge in [-0.05, 0) is 12.3 Å². The Bertz CT molecular complexity index is 87.3. The van der Waals surface area contributed by atoms with Crippen molar-refractivity contribution in [2.45, 2.75) is 26.7 Å². The van der Waals surface area contributed by atoms with E-state index in [1.165, 1.54) is 32.5 Å². The van der Waals surface area contributed by atoms with Crippen LogP contribution < -0.4 is 5.43 Å². The van der Waals surface area contributed by atoms with E-state index in [0.717, 1.165) is 5.92 Å². The molecular weight excluding hydrogens is 124 g/mol. The lowest BCUT2D eigenvalue weighted by Crippen LogP contribution is -2.34. The summed E-state index contributed by atoms with van der Waals surface area (Å²) in [7, 11) is 0. The van der Waals surface area contributed by atoms with Gasteiger partial charge in [0, 0.05) is 19.6 Å². The van der Waals surface area contributed by atoms with Crippen molar-refractivity contribution in [3.8, 4) is 0 Å². The van der Waals surface area contributed by atoms with Gasteiger partial charge in [-0.2, -0.15) is 0 Å². The van der Waals surface area contributed by atoms with Crippen LogP contribution in [-0.2, 0) is 0 Å². The van der Waals surface area contributed by atoms with Gasteiger partial charge in [-0.3, -0.25) is 5.43 Å². The van der Waals surface area contributed by atoms with Gasteiger partial charge in [0.05, 0.1) is 0 Å². The molecule has 0 amide bonds. The van der Waals surface area contributed by atoms with E-state index in [1.54, 1.807) is 0 Å². The molecule has 1 aliphatic heterocycles. The third-order valence-electron chi connectivity index (χ3n) is 2.17. The first kappa shape index (κ1) is 8.02. The molecule has 1 N–H and O–H groups in total. The van der Waals surface area contributed by atoms with Gasteiger partial charge in [-0.15, -0.1) is 0 Å². The molecule has 1 atom stereocenters. The molecule has 1 unspecified atom stereocenters. The van der Waals surface area contributed by atoms with Crippen molar-refractivity contribution in [2.75, 3.05) is 19.6 Å². The highest BCUT2D eigenvalue weighted by Gasteiger charge is 2.12. The Labute approximate surface area is 63.6 Å². The fraction of sp³-hybridized carbons (Fsp3) is 1.00. The molecule has 10 heavy (non-hydrogen) atoms. The van der Waals surface area contributed by atoms with Crippen LogP contribution in [0.15, 0.2) is 0 Å². The van der Waals surface area contributed by atoms with Crippen molar-refractivity contribution < 1.29 is 0 Å². The third-order valence-corrected chi connectivity index (χ3v) is 2.17. The second kappa shape index (κ2) is 3.94. The standard InChI is InChI=1S/C8H18N2/c1-3-8(2)7-10-6-4-5-9-10/h8-9H,3-7H2,1-2H3. The molecule has 2 heteroatoms. The molecule has 0 aromatic carbocycles.